The molecule has 1 heterocycles. The highest BCUT2D eigenvalue weighted by molar-refractivity contribution is 5.75. The summed E-state index contributed by atoms with van der Waals surface area (Å²) in [5.41, 5.74) is 2.52. The van der Waals surface area contributed by atoms with Crippen LogP contribution in [0.15, 0.2) is 23.0 Å². The Morgan fingerprint density at radius 2 is 2.05 bits per heavy atom. The van der Waals surface area contributed by atoms with Crippen LogP contribution >= 0.6 is 0 Å². The first kappa shape index (κ1) is 13.8. The van der Waals surface area contributed by atoms with E-state index in [2.05, 4.69) is 22.2 Å². The fraction of sp³-hybridized carbons (Fsp3) is 0.500. The minimum absolute atomic E-state index is 0.134. The number of H-pyrrole nitrogens is 2. The number of aromatic nitrogens is 2. The Labute approximate surface area is 112 Å². The summed E-state index contributed by atoms with van der Waals surface area (Å²) in [6, 6.07) is 5.96. The van der Waals surface area contributed by atoms with Crippen LogP contribution in [0, 0.1) is 0 Å². The molecule has 0 saturated heterocycles. The summed E-state index contributed by atoms with van der Waals surface area (Å²) in [5, 5.41) is 13.0. The van der Waals surface area contributed by atoms with Crippen LogP contribution in [0.2, 0.25) is 0 Å². The monoisotopic (exact) mass is 263 g/mol. The number of fused-ring (bicyclic) bond motifs is 1. The molecule has 0 bridgehead atoms. The minimum Gasteiger partial charge on any atom is -0.392 e. The molecule has 5 heteroatoms. The van der Waals surface area contributed by atoms with Crippen LogP contribution in [0.5, 0.6) is 0 Å². The van der Waals surface area contributed by atoms with Crippen molar-refractivity contribution in [2.45, 2.75) is 38.8 Å². The number of hydrogen-bond donors (Lipinski definition) is 4. The third kappa shape index (κ3) is 3.45. The van der Waals surface area contributed by atoms with Gasteiger partial charge in [0.25, 0.3) is 0 Å². The molecule has 4 N–H and O–H groups in total. The molecule has 0 aliphatic rings. The van der Waals surface area contributed by atoms with Crippen molar-refractivity contribution in [1.29, 1.82) is 0 Å². The summed E-state index contributed by atoms with van der Waals surface area (Å²) >= 11 is 0. The van der Waals surface area contributed by atoms with Gasteiger partial charge in [-0.3, -0.25) is 0 Å². The van der Waals surface area contributed by atoms with Gasteiger partial charge >= 0.3 is 5.69 Å². The number of aliphatic hydroxyl groups excluding tert-OH is 1. The molecule has 0 spiro atoms. The summed E-state index contributed by atoms with van der Waals surface area (Å²) in [5.74, 6) is 0. The van der Waals surface area contributed by atoms with Gasteiger partial charge in [-0.15, -0.1) is 0 Å². The molecular weight excluding hydrogens is 242 g/mol. The zero-order chi connectivity index (χ0) is 13.8. The first-order chi connectivity index (χ1) is 9.10. The summed E-state index contributed by atoms with van der Waals surface area (Å²) < 4.78 is 0. The van der Waals surface area contributed by atoms with Gasteiger partial charge in [-0.25, -0.2) is 4.79 Å². The molecule has 2 unspecified atom stereocenters. The van der Waals surface area contributed by atoms with Crippen LogP contribution in [0.3, 0.4) is 0 Å². The van der Waals surface area contributed by atoms with E-state index in [0.29, 0.717) is 6.54 Å². The Kier molecular flexibility index (Phi) is 4.39. The van der Waals surface area contributed by atoms with E-state index in [1.54, 1.807) is 0 Å². The highest BCUT2D eigenvalue weighted by Gasteiger charge is 2.09. The first-order valence-corrected chi connectivity index (χ1v) is 6.73. The second-order valence-electron chi connectivity index (χ2n) is 4.96. The third-order valence-electron chi connectivity index (χ3n) is 3.32. The van der Waals surface area contributed by atoms with Gasteiger partial charge in [-0.2, -0.15) is 0 Å². The number of nitrogens with one attached hydrogen (secondary N) is 3. The second-order valence-corrected chi connectivity index (χ2v) is 4.96. The fourth-order valence-electron chi connectivity index (χ4n) is 2.19. The van der Waals surface area contributed by atoms with Crippen molar-refractivity contribution in [3.63, 3.8) is 0 Å². The molecule has 2 aromatic rings. The first-order valence-electron chi connectivity index (χ1n) is 6.73. The van der Waals surface area contributed by atoms with Crippen molar-refractivity contribution < 1.29 is 5.11 Å². The third-order valence-corrected chi connectivity index (χ3v) is 3.32. The van der Waals surface area contributed by atoms with E-state index in [0.717, 1.165) is 29.4 Å². The van der Waals surface area contributed by atoms with Gasteiger partial charge in [-0.05, 0) is 31.0 Å². The fourth-order valence-corrected chi connectivity index (χ4v) is 2.19. The van der Waals surface area contributed by atoms with Gasteiger partial charge in [0.15, 0.2) is 0 Å². The van der Waals surface area contributed by atoms with Crippen molar-refractivity contribution in [1.82, 2.24) is 15.3 Å². The van der Waals surface area contributed by atoms with Gasteiger partial charge in [0.05, 0.1) is 17.1 Å². The van der Waals surface area contributed by atoms with Crippen molar-refractivity contribution in [2.75, 3.05) is 6.54 Å². The van der Waals surface area contributed by atoms with Crippen LogP contribution in [0.4, 0.5) is 0 Å². The number of rotatable bonds is 6. The molecule has 0 aliphatic heterocycles. The predicted octanol–water partition coefficient (Wildman–Crippen LogP) is 1.67. The maximum absolute atomic E-state index is 11.2. The average Bonchev–Trinajstić information content (AvgIpc) is 2.75. The quantitative estimate of drug-likeness (QED) is 0.640. The van der Waals surface area contributed by atoms with E-state index in [1.165, 1.54) is 0 Å². The SMILES string of the molecule is CCCC(O)CNC(C)c1ccc2[nH]c(=O)[nH]c2c1. The van der Waals surface area contributed by atoms with Crippen molar-refractivity contribution in [2.24, 2.45) is 0 Å². The zero-order valence-electron chi connectivity index (χ0n) is 11.4. The van der Waals surface area contributed by atoms with E-state index < -0.39 is 0 Å². The van der Waals surface area contributed by atoms with Crippen LogP contribution in [0.1, 0.15) is 38.3 Å². The molecule has 0 saturated carbocycles. The van der Waals surface area contributed by atoms with Gasteiger partial charge in [0.1, 0.15) is 0 Å². The lowest BCUT2D eigenvalue weighted by Crippen LogP contribution is -2.28. The maximum Gasteiger partial charge on any atom is 0.323 e. The highest BCUT2D eigenvalue weighted by atomic mass is 16.3. The molecule has 0 radical (unpaired) electrons. The van der Waals surface area contributed by atoms with Gasteiger partial charge in [0, 0.05) is 12.6 Å². The molecule has 0 amide bonds. The van der Waals surface area contributed by atoms with E-state index in [9.17, 15) is 9.90 Å². The van der Waals surface area contributed by atoms with E-state index in [4.69, 9.17) is 0 Å². The highest BCUT2D eigenvalue weighted by Crippen LogP contribution is 2.17. The smallest absolute Gasteiger partial charge is 0.323 e. The molecule has 0 fully saturated rings. The van der Waals surface area contributed by atoms with Crippen LogP contribution < -0.4 is 11.0 Å². The van der Waals surface area contributed by atoms with Gasteiger partial charge in [0.2, 0.25) is 0 Å². The number of aromatic amines is 2. The van der Waals surface area contributed by atoms with Crippen molar-refractivity contribution >= 4 is 11.0 Å². The molecule has 5 nitrogen and oxygen atoms in total. The average molecular weight is 263 g/mol. The number of imidazole rings is 1. The molecule has 2 atom stereocenters. The van der Waals surface area contributed by atoms with E-state index in [-0.39, 0.29) is 17.8 Å². The molecule has 0 aliphatic carbocycles. The van der Waals surface area contributed by atoms with E-state index >= 15 is 0 Å². The topological polar surface area (TPSA) is 80.9 Å². The summed E-state index contributed by atoms with van der Waals surface area (Å²) in [7, 11) is 0. The summed E-state index contributed by atoms with van der Waals surface area (Å²) in [6.45, 7) is 4.68. The Bertz CT molecular complexity index is 588. The lowest BCUT2D eigenvalue weighted by Gasteiger charge is -2.17. The lowest BCUT2D eigenvalue weighted by molar-refractivity contribution is 0.157. The zero-order valence-corrected chi connectivity index (χ0v) is 11.4. The van der Waals surface area contributed by atoms with Crippen LogP contribution in [-0.2, 0) is 0 Å². The molecular formula is C14H21N3O2. The van der Waals surface area contributed by atoms with Crippen molar-refractivity contribution in [3.8, 4) is 0 Å². The minimum atomic E-state index is -0.303. The van der Waals surface area contributed by atoms with Crippen LogP contribution in [0.25, 0.3) is 11.0 Å². The van der Waals surface area contributed by atoms with Gasteiger partial charge < -0.3 is 20.4 Å². The van der Waals surface area contributed by atoms with Crippen molar-refractivity contribution in [3.05, 3.63) is 34.2 Å². The molecule has 2 rings (SSSR count). The maximum atomic E-state index is 11.2. The number of hydrogen-bond acceptors (Lipinski definition) is 3. The largest absolute Gasteiger partial charge is 0.392 e. The number of benzene rings is 1. The predicted molar refractivity (Wildman–Crippen MR) is 76.3 cm³/mol. The summed E-state index contributed by atoms with van der Waals surface area (Å²) in [6.07, 6.45) is 1.49. The Morgan fingerprint density at radius 3 is 2.79 bits per heavy atom. The number of aliphatic hydroxyl groups is 1. The normalized spacial score (nSPS) is 14.7. The standard InChI is InChI=1S/C14H21N3O2/c1-3-4-11(18)8-15-9(2)10-5-6-12-13(7-10)17-14(19)16-12/h5-7,9,11,15,18H,3-4,8H2,1-2H3,(H2,16,17,19). The van der Waals surface area contributed by atoms with Gasteiger partial charge in [-0.1, -0.05) is 19.4 Å². The second kappa shape index (κ2) is 6.04. The molecule has 1 aromatic carbocycles. The Hall–Kier alpha value is -1.59. The summed E-state index contributed by atoms with van der Waals surface area (Å²) in [4.78, 5) is 16.7. The Morgan fingerprint density at radius 1 is 1.32 bits per heavy atom. The molecule has 19 heavy (non-hydrogen) atoms. The Balaban J connectivity index is 2.04. The molecule has 1 aromatic heterocycles. The van der Waals surface area contributed by atoms with E-state index in [1.807, 2.05) is 25.1 Å². The lowest BCUT2D eigenvalue weighted by atomic mass is 10.1. The molecule has 104 valence electrons. The van der Waals surface area contributed by atoms with Crippen LogP contribution in [-0.4, -0.2) is 27.7 Å².